The lowest BCUT2D eigenvalue weighted by Gasteiger charge is -2.29. The molecule has 3 rings (SSSR count). The Bertz CT molecular complexity index is 447. The van der Waals surface area contributed by atoms with E-state index in [9.17, 15) is 0 Å². The molecule has 1 heterocycles. The molecular weight excluding hydrogens is 246 g/mol. The normalized spacial score (nSPS) is 29.6. The second kappa shape index (κ2) is 6.29. The fourth-order valence-electron chi connectivity index (χ4n) is 3.33. The highest BCUT2D eigenvalue weighted by molar-refractivity contribution is 5.81. The molecule has 1 aliphatic heterocycles. The van der Waals surface area contributed by atoms with Gasteiger partial charge in [-0.3, -0.25) is 4.99 Å². The van der Waals surface area contributed by atoms with Crippen LogP contribution < -0.4 is 10.6 Å². The zero-order chi connectivity index (χ0) is 13.8. The third-order valence-corrected chi connectivity index (χ3v) is 4.58. The fraction of sp³-hybridized carbons (Fsp3) is 0.588. The number of nitrogens with zero attached hydrogens (tertiary/aromatic N) is 1. The molecule has 1 aromatic carbocycles. The second-order valence-corrected chi connectivity index (χ2v) is 6.24. The Kier molecular flexibility index (Phi) is 4.24. The quantitative estimate of drug-likeness (QED) is 0.887. The van der Waals surface area contributed by atoms with E-state index in [0.29, 0.717) is 6.04 Å². The first-order chi connectivity index (χ1) is 9.81. The Morgan fingerprint density at radius 1 is 1.15 bits per heavy atom. The summed E-state index contributed by atoms with van der Waals surface area (Å²) in [5.74, 6) is 2.58. The lowest BCUT2D eigenvalue weighted by molar-refractivity contribution is 0.324. The van der Waals surface area contributed by atoms with Crippen molar-refractivity contribution >= 4 is 5.96 Å². The van der Waals surface area contributed by atoms with Crippen LogP contribution in [0.1, 0.15) is 44.1 Å². The van der Waals surface area contributed by atoms with Gasteiger partial charge in [0.1, 0.15) is 0 Å². The molecule has 2 aliphatic rings. The van der Waals surface area contributed by atoms with Crippen molar-refractivity contribution in [1.82, 2.24) is 10.6 Å². The highest BCUT2D eigenvalue weighted by atomic mass is 15.2. The van der Waals surface area contributed by atoms with Crippen LogP contribution in [0.2, 0.25) is 0 Å². The number of hydrogen-bond donors (Lipinski definition) is 2. The van der Waals surface area contributed by atoms with Crippen LogP contribution in [0.15, 0.2) is 35.3 Å². The van der Waals surface area contributed by atoms with Gasteiger partial charge in [-0.05, 0) is 50.0 Å². The second-order valence-electron chi connectivity index (χ2n) is 6.24. The SMILES string of the molecule is CC1CN=C(NCC2CCC(c3ccccc3)CC2)N1. The summed E-state index contributed by atoms with van der Waals surface area (Å²) < 4.78 is 0. The van der Waals surface area contributed by atoms with Crippen molar-refractivity contribution in [2.45, 2.75) is 44.6 Å². The van der Waals surface area contributed by atoms with Crippen molar-refractivity contribution < 1.29 is 0 Å². The molecule has 2 N–H and O–H groups in total. The van der Waals surface area contributed by atoms with E-state index in [1.807, 2.05) is 0 Å². The smallest absolute Gasteiger partial charge is 0.191 e. The Hall–Kier alpha value is -1.51. The lowest BCUT2D eigenvalue weighted by Crippen LogP contribution is -2.40. The summed E-state index contributed by atoms with van der Waals surface area (Å²) in [5.41, 5.74) is 1.52. The van der Waals surface area contributed by atoms with Gasteiger partial charge in [-0.25, -0.2) is 0 Å². The first kappa shape index (κ1) is 13.5. The van der Waals surface area contributed by atoms with Crippen molar-refractivity contribution in [3.8, 4) is 0 Å². The van der Waals surface area contributed by atoms with Crippen LogP contribution >= 0.6 is 0 Å². The number of rotatable bonds is 3. The van der Waals surface area contributed by atoms with Crippen molar-refractivity contribution in [3.05, 3.63) is 35.9 Å². The molecular formula is C17H25N3. The van der Waals surface area contributed by atoms with E-state index in [1.165, 1.54) is 31.2 Å². The summed E-state index contributed by atoms with van der Waals surface area (Å²) >= 11 is 0. The molecule has 1 saturated carbocycles. The summed E-state index contributed by atoms with van der Waals surface area (Å²) in [4.78, 5) is 4.46. The molecule has 1 aromatic rings. The molecule has 0 amide bonds. The minimum absolute atomic E-state index is 0.492. The van der Waals surface area contributed by atoms with Gasteiger partial charge in [0.25, 0.3) is 0 Å². The standard InChI is InChI=1S/C17H25N3/c1-13-11-18-17(20-13)19-12-14-7-9-16(10-8-14)15-5-3-2-4-6-15/h2-6,13-14,16H,7-12H2,1H3,(H2,18,19,20). The summed E-state index contributed by atoms with van der Waals surface area (Å²) in [6, 6.07) is 11.5. The van der Waals surface area contributed by atoms with Crippen LogP contribution in [0, 0.1) is 5.92 Å². The van der Waals surface area contributed by atoms with Crippen LogP contribution in [0.25, 0.3) is 0 Å². The average molecular weight is 271 g/mol. The van der Waals surface area contributed by atoms with E-state index in [0.717, 1.165) is 30.9 Å². The number of aliphatic imine (C=N–C) groups is 1. The molecule has 0 aromatic heterocycles. The van der Waals surface area contributed by atoms with Crippen molar-refractivity contribution in [2.75, 3.05) is 13.1 Å². The third kappa shape index (κ3) is 3.33. The predicted molar refractivity (Wildman–Crippen MR) is 84.0 cm³/mol. The van der Waals surface area contributed by atoms with Gasteiger partial charge in [-0.15, -0.1) is 0 Å². The van der Waals surface area contributed by atoms with Crippen LogP contribution in [0.3, 0.4) is 0 Å². The zero-order valence-electron chi connectivity index (χ0n) is 12.3. The van der Waals surface area contributed by atoms with Gasteiger partial charge >= 0.3 is 0 Å². The third-order valence-electron chi connectivity index (χ3n) is 4.58. The Morgan fingerprint density at radius 2 is 1.90 bits per heavy atom. The van der Waals surface area contributed by atoms with E-state index in [1.54, 1.807) is 0 Å². The molecule has 3 heteroatoms. The van der Waals surface area contributed by atoms with E-state index < -0.39 is 0 Å². The molecule has 1 fully saturated rings. The maximum Gasteiger partial charge on any atom is 0.191 e. The molecule has 108 valence electrons. The van der Waals surface area contributed by atoms with Gasteiger partial charge in [-0.2, -0.15) is 0 Å². The van der Waals surface area contributed by atoms with Crippen LogP contribution in [0.4, 0.5) is 0 Å². The number of guanidine groups is 1. The van der Waals surface area contributed by atoms with Gasteiger partial charge in [0.15, 0.2) is 5.96 Å². The van der Waals surface area contributed by atoms with E-state index in [4.69, 9.17) is 0 Å². The fourth-order valence-corrected chi connectivity index (χ4v) is 3.33. The van der Waals surface area contributed by atoms with Gasteiger partial charge in [0.05, 0.1) is 6.54 Å². The summed E-state index contributed by atoms with van der Waals surface area (Å²) in [5, 5.41) is 6.84. The highest BCUT2D eigenvalue weighted by Gasteiger charge is 2.22. The molecule has 0 bridgehead atoms. The maximum atomic E-state index is 4.46. The van der Waals surface area contributed by atoms with Gasteiger partial charge in [0, 0.05) is 12.6 Å². The van der Waals surface area contributed by atoms with Gasteiger partial charge in [-0.1, -0.05) is 30.3 Å². The molecule has 0 saturated heterocycles. The first-order valence-corrected chi connectivity index (χ1v) is 7.91. The Balaban J connectivity index is 1.42. The minimum Gasteiger partial charge on any atom is -0.356 e. The number of hydrogen-bond acceptors (Lipinski definition) is 3. The Labute approximate surface area is 121 Å². The van der Waals surface area contributed by atoms with E-state index in [-0.39, 0.29) is 0 Å². The van der Waals surface area contributed by atoms with Crippen LogP contribution in [0.5, 0.6) is 0 Å². The molecule has 20 heavy (non-hydrogen) atoms. The van der Waals surface area contributed by atoms with Crippen LogP contribution in [-0.2, 0) is 0 Å². The lowest BCUT2D eigenvalue weighted by atomic mass is 9.79. The minimum atomic E-state index is 0.492. The van der Waals surface area contributed by atoms with Crippen molar-refractivity contribution in [1.29, 1.82) is 0 Å². The zero-order valence-corrected chi connectivity index (χ0v) is 12.3. The summed E-state index contributed by atoms with van der Waals surface area (Å²) in [6.45, 7) is 4.15. The molecule has 1 atom stereocenters. The van der Waals surface area contributed by atoms with Crippen LogP contribution in [-0.4, -0.2) is 25.1 Å². The predicted octanol–water partition coefficient (Wildman–Crippen LogP) is 2.90. The number of nitrogens with one attached hydrogen (secondary N) is 2. The summed E-state index contributed by atoms with van der Waals surface area (Å²) in [7, 11) is 0. The van der Waals surface area contributed by atoms with Gasteiger partial charge < -0.3 is 10.6 Å². The average Bonchev–Trinajstić information content (AvgIpc) is 2.92. The first-order valence-electron chi connectivity index (χ1n) is 7.91. The highest BCUT2D eigenvalue weighted by Crippen LogP contribution is 2.35. The topological polar surface area (TPSA) is 36.4 Å². The monoisotopic (exact) mass is 271 g/mol. The number of benzene rings is 1. The largest absolute Gasteiger partial charge is 0.356 e. The molecule has 1 unspecified atom stereocenters. The maximum absolute atomic E-state index is 4.46. The van der Waals surface area contributed by atoms with E-state index >= 15 is 0 Å². The summed E-state index contributed by atoms with van der Waals surface area (Å²) in [6.07, 6.45) is 5.31. The Morgan fingerprint density at radius 3 is 2.55 bits per heavy atom. The van der Waals surface area contributed by atoms with Crippen molar-refractivity contribution in [3.63, 3.8) is 0 Å². The van der Waals surface area contributed by atoms with E-state index in [2.05, 4.69) is 52.9 Å². The molecule has 0 spiro atoms. The molecule has 0 radical (unpaired) electrons. The molecule has 1 aliphatic carbocycles. The van der Waals surface area contributed by atoms with Crippen molar-refractivity contribution in [2.24, 2.45) is 10.9 Å². The molecule has 3 nitrogen and oxygen atoms in total. The van der Waals surface area contributed by atoms with Gasteiger partial charge in [0.2, 0.25) is 0 Å².